The van der Waals surface area contributed by atoms with E-state index >= 15 is 0 Å². The Morgan fingerprint density at radius 1 is 1.20 bits per heavy atom. The maximum atomic E-state index is 8.79. The molecule has 2 aromatic rings. The number of benzene rings is 1. The predicted molar refractivity (Wildman–Crippen MR) is 83.2 cm³/mol. The normalized spacial score (nSPS) is 11.8. The summed E-state index contributed by atoms with van der Waals surface area (Å²) in [5, 5.41) is 15.3. The fraction of sp³-hybridized carbons (Fsp3) is 0.267. The van der Waals surface area contributed by atoms with Gasteiger partial charge in [-0.2, -0.15) is 0 Å². The highest BCUT2D eigenvalue weighted by atomic mass is 32.1. The first kappa shape index (κ1) is 14.6. The zero-order valence-electron chi connectivity index (χ0n) is 11.5. The third-order valence-electron chi connectivity index (χ3n) is 3.08. The third-order valence-corrected chi connectivity index (χ3v) is 4.31. The highest BCUT2D eigenvalue weighted by Gasteiger charge is 2.06. The maximum absolute atomic E-state index is 8.79. The molecule has 0 atom stereocenters. The van der Waals surface area contributed by atoms with E-state index in [1.807, 2.05) is 35.6 Å². The Bertz CT molecular complexity index is 592. The van der Waals surface area contributed by atoms with Crippen molar-refractivity contribution in [3.05, 3.63) is 57.3 Å². The first-order valence-electron chi connectivity index (χ1n) is 6.58. The van der Waals surface area contributed by atoms with E-state index in [1.54, 1.807) is 0 Å². The summed E-state index contributed by atoms with van der Waals surface area (Å²) < 4.78 is 0. The van der Waals surface area contributed by atoms with E-state index < -0.39 is 0 Å². The van der Waals surface area contributed by atoms with E-state index in [0.717, 1.165) is 24.1 Å². The minimum Gasteiger partial charge on any atom is -0.409 e. The van der Waals surface area contributed by atoms with Crippen molar-refractivity contribution in [2.24, 2.45) is 10.9 Å². The van der Waals surface area contributed by atoms with Gasteiger partial charge in [0.15, 0.2) is 5.84 Å². The fourth-order valence-electron chi connectivity index (χ4n) is 2.01. The Balaban J connectivity index is 1.97. The van der Waals surface area contributed by atoms with Crippen LogP contribution in [-0.4, -0.2) is 11.0 Å². The number of thiophene rings is 1. The lowest BCUT2D eigenvalue weighted by atomic mass is 10.1. The molecule has 4 N–H and O–H groups in total. The second kappa shape index (κ2) is 7.07. The molecular weight excluding hydrogens is 270 g/mol. The van der Waals surface area contributed by atoms with Gasteiger partial charge in [0.25, 0.3) is 0 Å². The van der Waals surface area contributed by atoms with Gasteiger partial charge in [0, 0.05) is 28.4 Å². The molecule has 0 spiro atoms. The van der Waals surface area contributed by atoms with E-state index in [1.165, 1.54) is 9.75 Å². The molecule has 0 saturated heterocycles. The number of amidine groups is 1. The number of rotatable bonds is 6. The molecule has 0 aliphatic heterocycles. The quantitative estimate of drug-likeness (QED) is 0.331. The summed E-state index contributed by atoms with van der Waals surface area (Å²) in [4.78, 5) is 2.72. The van der Waals surface area contributed by atoms with E-state index in [9.17, 15) is 0 Å². The Hall–Kier alpha value is -1.85. The summed E-state index contributed by atoms with van der Waals surface area (Å²) in [7, 11) is 0. The van der Waals surface area contributed by atoms with E-state index in [4.69, 9.17) is 10.9 Å². The molecule has 2 rings (SSSR count). The first-order chi connectivity index (χ1) is 9.74. The Morgan fingerprint density at radius 3 is 2.65 bits per heavy atom. The van der Waals surface area contributed by atoms with Gasteiger partial charge in [-0.1, -0.05) is 36.3 Å². The van der Waals surface area contributed by atoms with Crippen LogP contribution in [0, 0.1) is 0 Å². The molecule has 4 nitrogen and oxygen atoms in total. The van der Waals surface area contributed by atoms with Crippen molar-refractivity contribution in [3.63, 3.8) is 0 Å². The average molecular weight is 289 g/mol. The summed E-state index contributed by atoms with van der Waals surface area (Å²) in [6, 6.07) is 12.0. The number of nitrogens with zero attached hydrogens (tertiary/aromatic N) is 1. The molecule has 0 saturated carbocycles. The molecule has 106 valence electrons. The molecular formula is C15H19N3OS. The van der Waals surface area contributed by atoms with Crippen LogP contribution in [-0.2, 0) is 19.5 Å². The summed E-state index contributed by atoms with van der Waals surface area (Å²) in [5.74, 6) is 0.145. The molecule has 0 fully saturated rings. The molecule has 1 aromatic heterocycles. The van der Waals surface area contributed by atoms with Crippen molar-refractivity contribution >= 4 is 17.2 Å². The lowest BCUT2D eigenvalue weighted by Gasteiger charge is -2.08. The second-order valence-electron chi connectivity index (χ2n) is 4.47. The van der Waals surface area contributed by atoms with Crippen LogP contribution < -0.4 is 11.1 Å². The molecule has 20 heavy (non-hydrogen) atoms. The minimum absolute atomic E-state index is 0.145. The van der Waals surface area contributed by atoms with Gasteiger partial charge in [-0.25, -0.2) is 0 Å². The van der Waals surface area contributed by atoms with Crippen LogP contribution in [0.5, 0.6) is 0 Å². The zero-order valence-corrected chi connectivity index (χ0v) is 12.3. The standard InChI is InChI=1S/C15H19N3OS/c1-2-12-7-8-13(20-12)10-17-9-11-5-3-4-6-14(11)15(16)18-19/h3-8,17,19H,2,9-10H2,1H3,(H2,16,18). The third kappa shape index (κ3) is 3.59. The fourth-order valence-corrected chi connectivity index (χ4v) is 2.93. The van der Waals surface area contributed by atoms with Gasteiger partial charge < -0.3 is 16.3 Å². The largest absolute Gasteiger partial charge is 0.409 e. The van der Waals surface area contributed by atoms with Crippen LogP contribution >= 0.6 is 11.3 Å². The van der Waals surface area contributed by atoms with Gasteiger partial charge in [-0.3, -0.25) is 0 Å². The van der Waals surface area contributed by atoms with Crippen molar-refractivity contribution in [1.29, 1.82) is 0 Å². The Morgan fingerprint density at radius 2 is 1.95 bits per heavy atom. The molecule has 0 aliphatic rings. The van der Waals surface area contributed by atoms with Gasteiger partial charge in [-0.05, 0) is 24.1 Å². The summed E-state index contributed by atoms with van der Waals surface area (Å²) in [6.45, 7) is 3.68. The van der Waals surface area contributed by atoms with Gasteiger partial charge in [0.2, 0.25) is 0 Å². The monoisotopic (exact) mass is 289 g/mol. The molecule has 0 radical (unpaired) electrons. The topological polar surface area (TPSA) is 70.6 Å². The Labute approximate surface area is 122 Å². The van der Waals surface area contributed by atoms with Crippen LogP contribution in [0.2, 0.25) is 0 Å². The smallest absolute Gasteiger partial charge is 0.170 e. The molecule has 1 aromatic carbocycles. The predicted octanol–water partition coefficient (Wildman–Crippen LogP) is 2.69. The zero-order chi connectivity index (χ0) is 14.4. The number of nitrogens with two attached hydrogens (primary N) is 1. The van der Waals surface area contributed by atoms with Crippen molar-refractivity contribution in [2.45, 2.75) is 26.4 Å². The average Bonchev–Trinajstić information content (AvgIpc) is 2.95. The van der Waals surface area contributed by atoms with Crippen molar-refractivity contribution in [2.75, 3.05) is 0 Å². The second-order valence-corrected chi connectivity index (χ2v) is 5.72. The number of aryl methyl sites for hydroxylation is 1. The van der Waals surface area contributed by atoms with E-state index in [-0.39, 0.29) is 5.84 Å². The van der Waals surface area contributed by atoms with Gasteiger partial charge in [0.1, 0.15) is 0 Å². The van der Waals surface area contributed by atoms with Crippen molar-refractivity contribution < 1.29 is 5.21 Å². The first-order valence-corrected chi connectivity index (χ1v) is 7.40. The van der Waals surface area contributed by atoms with Crippen LogP contribution in [0.3, 0.4) is 0 Å². The van der Waals surface area contributed by atoms with Crippen molar-refractivity contribution in [3.8, 4) is 0 Å². The molecule has 0 bridgehead atoms. The number of hydrogen-bond acceptors (Lipinski definition) is 4. The molecule has 0 amide bonds. The van der Waals surface area contributed by atoms with Crippen LogP contribution in [0.25, 0.3) is 0 Å². The van der Waals surface area contributed by atoms with Gasteiger partial charge >= 0.3 is 0 Å². The van der Waals surface area contributed by atoms with Crippen LogP contribution in [0.1, 0.15) is 27.8 Å². The van der Waals surface area contributed by atoms with Gasteiger partial charge in [-0.15, -0.1) is 11.3 Å². The summed E-state index contributed by atoms with van der Waals surface area (Å²) >= 11 is 1.83. The summed E-state index contributed by atoms with van der Waals surface area (Å²) in [5.41, 5.74) is 7.46. The highest BCUT2D eigenvalue weighted by molar-refractivity contribution is 7.11. The molecule has 5 heteroatoms. The number of hydrogen-bond donors (Lipinski definition) is 3. The summed E-state index contributed by atoms with van der Waals surface area (Å²) in [6.07, 6.45) is 1.08. The van der Waals surface area contributed by atoms with E-state index in [2.05, 4.69) is 29.5 Å². The van der Waals surface area contributed by atoms with Crippen molar-refractivity contribution in [1.82, 2.24) is 5.32 Å². The lowest BCUT2D eigenvalue weighted by molar-refractivity contribution is 0.318. The van der Waals surface area contributed by atoms with Crippen LogP contribution in [0.4, 0.5) is 0 Å². The molecule has 1 heterocycles. The number of oxime groups is 1. The van der Waals surface area contributed by atoms with E-state index in [0.29, 0.717) is 6.54 Å². The Kier molecular flexibility index (Phi) is 5.15. The molecule has 0 aliphatic carbocycles. The lowest BCUT2D eigenvalue weighted by Crippen LogP contribution is -2.19. The molecule has 0 unspecified atom stereocenters. The minimum atomic E-state index is 0.145. The highest BCUT2D eigenvalue weighted by Crippen LogP contribution is 2.17. The van der Waals surface area contributed by atoms with Crippen LogP contribution in [0.15, 0.2) is 41.6 Å². The van der Waals surface area contributed by atoms with Gasteiger partial charge in [0.05, 0.1) is 0 Å². The SMILES string of the molecule is CCc1ccc(CNCc2ccccc2/C(N)=N/O)s1. The maximum Gasteiger partial charge on any atom is 0.170 e. The number of nitrogens with one attached hydrogen (secondary N) is 1.